The zero-order chi connectivity index (χ0) is 14.2. The second-order valence-electron chi connectivity index (χ2n) is 5.20. The van der Waals surface area contributed by atoms with Gasteiger partial charge in [-0.05, 0) is 33.6 Å². The molecule has 1 N–H and O–H groups in total. The molecule has 0 aliphatic carbocycles. The van der Waals surface area contributed by atoms with Crippen LogP contribution in [0.5, 0.6) is 0 Å². The smallest absolute Gasteiger partial charge is 0.231 e. The Kier molecular flexibility index (Phi) is 7.98. The van der Waals surface area contributed by atoms with E-state index in [2.05, 4.69) is 0 Å². The third-order valence-corrected chi connectivity index (χ3v) is 2.90. The van der Waals surface area contributed by atoms with Crippen LogP contribution < -0.4 is 0 Å². The Morgan fingerprint density at radius 2 is 1.56 bits per heavy atom. The Hall–Kier alpha value is -0.200. The highest BCUT2D eigenvalue weighted by molar-refractivity contribution is 4.63. The molecule has 0 aliphatic rings. The minimum absolute atomic E-state index is 0.118. The van der Waals surface area contributed by atoms with Gasteiger partial charge >= 0.3 is 0 Å². The van der Waals surface area contributed by atoms with E-state index in [9.17, 15) is 5.11 Å². The molecule has 2 unspecified atom stereocenters. The monoisotopic (exact) mass is 264 g/mol. The summed E-state index contributed by atoms with van der Waals surface area (Å²) in [6.45, 7) is 11.5. The van der Waals surface area contributed by atoms with Crippen molar-refractivity contribution in [1.82, 2.24) is 0 Å². The average Bonchev–Trinajstić information content (AvgIpc) is 2.36. The van der Waals surface area contributed by atoms with Crippen LogP contribution in [0.1, 0.15) is 60.8 Å². The van der Waals surface area contributed by atoms with Crippen LogP contribution in [0, 0.1) is 0 Å². The molecule has 0 saturated heterocycles. The van der Waals surface area contributed by atoms with Crippen molar-refractivity contribution >= 4 is 0 Å². The predicted molar refractivity (Wildman–Crippen MR) is 68.6 cm³/mol. The quantitative estimate of drug-likeness (QED) is 0.373. The van der Waals surface area contributed by atoms with Gasteiger partial charge in [0.1, 0.15) is 6.61 Å². The predicted octanol–water partition coefficient (Wildman–Crippen LogP) is 2.97. The molecule has 2 atom stereocenters. The lowest BCUT2D eigenvalue weighted by molar-refractivity contribution is -0.526. The SMILES string of the molecule is CCC(O)COOC(C)(CC)OOC(C)(C)CC. The average molecular weight is 264 g/mol. The van der Waals surface area contributed by atoms with Crippen molar-refractivity contribution in [2.24, 2.45) is 0 Å². The third-order valence-electron chi connectivity index (χ3n) is 2.90. The first kappa shape index (κ1) is 17.8. The van der Waals surface area contributed by atoms with Gasteiger partial charge in [0.15, 0.2) is 0 Å². The second kappa shape index (κ2) is 8.07. The first-order chi connectivity index (χ1) is 8.28. The van der Waals surface area contributed by atoms with Gasteiger partial charge in [-0.2, -0.15) is 9.78 Å². The first-order valence-corrected chi connectivity index (χ1v) is 6.64. The molecular formula is C13H28O5. The van der Waals surface area contributed by atoms with Crippen LogP contribution in [0.2, 0.25) is 0 Å². The van der Waals surface area contributed by atoms with E-state index in [1.807, 2.05) is 34.6 Å². The first-order valence-electron chi connectivity index (χ1n) is 6.64. The van der Waals surface area contributed by atoms with Gasteiger partial charge in [-0.15, -0.1) is 0 Å². The molecule has 0 rings (SSSR count). The molecule has 0 saturated carbocycles. The van der Waals surface area contributed by atoms with Crippen LogP contribution in [0.3, 0.4) is 0 Å². The van der Waals surface area contributed by atoms with Crippen molar-refractivity contribution < 1.29 is 24.7 Å². The zero-order valence-corrected chi connectivity index (χ0v) is 12.5. The molecule has 0 aromatic carbocycles. The fourth-order valence-electron chi connectivity index (χ4n) is 0.747. The van der Waals surface area contributed by atoms with E-state index in [1.165, 1.54) is 0 Å². The Bertz CT molecular complexity index is 219. The molecule has 0 spiro atoms. The summed E-state index contributed by atoms with van der Waals surface area (Å²) in [5, 5.41) is 9.35. The summed E-state index contributed by atoms with van der Waals surface area (Å²) in [6, 6.07) is 0. The fraction of sp³-hybridized carbons (Fsp3) is 1.00. The van der Waals surface area contributed by atoms with Gasteiger partial charge in [0.05, 0.1) is 11.7 Å². The molecule has 5 nitrogen and oxygen atoms in total. The number of aliphatic hydroxyl groups is 1. The third kappa shape index (κ3) is 7.28. The molecular weight excluding hydrogens is 236 g/mol. The van der Waals surface area contributed by atoms with Crippen molar-refractivity contribution in [3.05, 3.63) is 0 Å². The summed E-state index contributed by atoms with van der Waals surface area (Å²) in [5.74, 6) is -0.972. The van der Waals surface area contributed by atoms with Crippen LogP contribution in [0.4, 0.5) is 0 Å². The zero-order valence-electron chi connectivity index (χ0n) is 12.5. The molecule has 18 heavy (non-hydrogen) atoms. The van der Waals surface area contributed by atoms with Crippen LogP contribution >= 0.6 is 0 Å². The summed E-state index contributed by atoms with van der Waals surface area (Å²) in [4.78, 5) is 20.8. The minimum Gasteiger partial charge on any atom is -0.391 e. The summed E-state index contributed by atoms with van der Waals surface area (Å²) in [6.07, 6.45) is 1.48. The molecule has 0 amide bonds. The number of aliphatic hydroxyl groups excluding tert-OH is 1. The topological polar surface area (TPSA) is 57.2 Å². The van der Waals surface area contributed by atoms with Crippen LogP contribution in [-0.2, 0) is 19.6 Å². The van der Waals surface area contributed by atoms with E-state index in [-0.39, 0.29) is 12.2 Å². The van der Waals surface area contributed by atoms with Gasteiger partial charge in [-0.25, -0.2) is 9.78 Å². The van der Waals surface area contributed by atoms with Crippen LogP contribution in [-0.4, -0.2) is 29.2 Å². The number of rotatable bonds is 10. The van der Waals surface area contributed by atoms with Crippen molar-refractivity contribution in [2.45, 2.75) is 78.3 Å². The van der Waals surface area contributed by atoms with Crippen LogP contribution in [0.25, 0.3) is 0 Å². The van der Waals surface area contributed by atoms with Crippen molar-refractivity contribution in [3.8, 4) is 0 Å². The molecule has 0 aromatic rings. The number of hydrogen-bond donors (Lipinski definition) is 1. The Labute approximate surface area is 110 Å². The second-order valence-corrected chi connectivity index (χ2v) is 5.20. The van der Waals surface area contributed by atoms with E-state index < -0.39 is 11.9 Å². The Morgan fingerprint density at radius 1 is 0.944 bits per heavy atom. The van der Waals surface area contributed by atoms with Gasteiger partial charge in [-0.1, -0.05) is 20.8 Å². The lowest BCUT2D eigenvalue weighted by atomic mass is 10.1. The molecule has 5 heteroatoms. The van der Waals surface area contributed by atoms with E-state index in [0.29, 0.717) is 12.8 Å². The molecule has 0 heterocycles. The summed E-state index contributed by atoms with van der Waals surface area (Å²) in [5.41, 5.74) is -0.372. The largest absolute Gasteiger partial charge is 0.391 e. The highest BCUT2D eigenvalue weighted by atomic mass is 17.3. The van der Waals surface area contributed by atoms with Gasteiger partial charge in [-0.3, -0.25) is 0 Å². The highest BCUT2D eigenvalue weighted by Gasteiger charge is 2.30. The minimum atomic E-state index is -0.972. The number of hydrogen-bond acceptors (Lipinski definition) is 5. The maximum atomic E-state index is 9.35. The van der Waals surface area contributed by atoms with E-state index >= 15 is 0 Å². The molecule has 110 valence electrons. The normalized spacial score (nSPS) is 17.5. The molecule has 0 aliphatic heterocycles. The van der Waals surface area contributed by atoms with Gasteiger partial charge in [0.25, 0.3) is 0 Å². The van der Waals surface area contributed by atoms with Gasteiger partial charge < -0.3 is 5.11 Å². The van der Waals surface area contributed by atoms with Gasteiger partial charge in [0, 0.05) is 6.42 Å². The standard InChI is InChI=1S/C13H28O5/c1-7-11(14)10-15-17-13(6,9-3)18-16-12(4,5)8-2/h11,14H,7-10H2,1-6H3. The maximum Gasteiger partial charge on any atom is 0.231 e. The lowest BCUT2D eigenvalue weighted by Gasteiger charge is -2.30. The van der Waals surface area contributed by atoms with E-state index in [0.717, 1.165) is 6.42 Å². The summed E-state index contributed by atoms with van der Waals surface area (Å²) < 4.78 is 0. The van der Waals surface area contributed by atoms with Crippen molar-refractivity contribution in [2.75, 3.05) is 6.61 Å². The maximum absolute atomic E-state index is 9.35. The molecule has 0 aromatic heterocycles. The van der Waals surface area contributed by atoms with E-state index in [4.69, 9.17) is 19.6 Å². The van der Waals surface area contributed by atoms with Crippen LogP contribution in [0.15, 0.2) is 0 Å². The van der Waals surface area contributed by atoms with Crippen molar-refractivity contribution in [1.29, 1.82) is 0 Å². The van der Waals surface area contributed by atoms with Gasteiger partial charge in [0.2, 0.25) is 5.79 Å². The summed E-state index contributed by atoms with van der Waals surface area (Å²) >= 11 is 0. The fourth-order valence-corrected chi connectivity index (χ4v) is 0.747. The van der Waals surface area contributed by atoms with E-state index in [1.54, 1.807) is 6.92 Å². The Morgan fingerprint density at radius 3 is 2.00 bits per heavy atom. The Balaban J connectivity index is 4.10. The molecule has 0 radical (unpaired) electrons. The lowest BCUT2D eigenvalue weighted by Crippen LogP contribution is -2.37. The highest BCUT2D eigenvalue weighted by Crippen LogP contribution is 2.23. The van der Waals surface area contributed by atoms with Crippen molar-refractivity contribution in [3.63, 3.8) is 0 Å². The summed E-state index contributed by atoms with van der Waals surface area (Å²) in [7, 11) is 0. The molecule has 0 bridgehead atoms. The molecule has 0 fully saturated rings.